The monoisotopic (exact) mass is 295 g/mol. The number of benzene rings is 1. The molecule has 1 aliphatic heterocycles. The number of carbonyl (C=O) groups is 1. The maximum Gasteiger partial charge on any atom is 0.253 e. The first-order valence-corrected chi connectivity index (χ1v) is 7.39. The molecule has 1 aromatic carbocycles. The number of aryl methyl sites for hydroxylation is 1. The number of aliphatic hydroxyl groups is 1. The van der Waals surface area contributed by atoms with Gasteiger partial charge in [-0.3, -0.25) is 4.79 Å². The molecule has 0 radical (unpaired) electrons. The van der Waals surface area contributed by atoms with Crippen LogP contribution in [0.4, 0.5) is 4.39 Å². The number of likely N-dealkylation sites (tertiary alicyclic amines) is 1. The van der Waals surface area contributed by atoms with Crippen molar-refractivity contribution >= 4 is 5.91 Å². The zero-order chi connectivity index (χ0) is 15.2. The normalized spacial score (nSPS) is 16.2. The second-order valence-electron chi connectivity index (χ2n) is 5.40. The Balaban J connectivity index is 1.86. The quantitative estimate of drug-likeness (QED) is 0.847. The second kappa shape index (κ2) is 7.52. The van der Waals surface area contributed by atoms with Gasteiger partial charge in [-0.2, -0.15) is 0 Å². The summed E-state index contributed by atoms with van der Waals surface area (Å²) in [5, 5.41) is 8.71. The van der Waals surface area contributed by atoms with Crippen molar-refractivity contribution in [1.82, 2.24) is 4.90 Å². The van der Waals surface area contributed by atoms with Crippen LogP contribution >= 0.6 is 0 Å². The van der Waals surface area contributed by atoms with Crippen molar-refractivity contribution in [2.45, 2.75) is 32.3 Å². The van der Waals surface area contributed by atoms with Crippen LogP contribution in [0, 0.1) is 12.7 Å². The SMILES string of the molecule is Cc1ccc(C(=O)N2CCC(OCCCO)CC2)cc1F. The maximum absolute atomic E-state index is 13.5. The van der Waals surface area contributed by atoms with E-state index in [-0.39, 0.29) is 24.4 Å². The molecule has 0 atom stereocenters. The van der Waals surface area contributed by atoms with Gasteiger partial charge in [-0.05, 0) is 43.9 Å². The van der Waals surface area contributed by atoms with Crippen LogP contribution in [0.1, 0.15) is 35.2 Å². The zero-order valence-electron chi connectivity index (χ0n) is 12.3. The first-order chi connectivity index (χ1) is 10.1. The number of amides is 1. The highest BCUT2D eigenvalue weighted by Crippen LogP contribution is 2.18. The Morgan fingerprint density at radius 1 is 1.43 bits per heavy atom. The smallest absolute Gasteiger partial charge is 0.253 e. The summed E-state index contributed by atoms with van der Waals surface area (Å²) in [4.78, 5) is 14.1. The third kappa shape index (κ3) is 4.25. The van der Waals surface area contributed by atoms with Gasteiger partial charge in [0.05, 0.1) is 6.10 Å². The van der Waals surface area contributed by atoms with Crippen LogP contribution in [-0.2, 0) is 4.74 Å². The molecular weight excluding hydrogens is 273 g/mol. The number of ether oxygens (including phenoxy) is 1. The van der Waals surface area contributed by atoms with E-state index in [2.05, 4.69) is 0 Å². The van der Waals surface area contributed by atoms with E-state index in [1.807, 2.05) is 0 Å². The number of halogens is 1. The van der Waals surface area contributed by atoms with Crippen molar-refractivity contribution in [3.05, 3.63) is 35.1 Å². The van der Waals surface area contributed by atoms with E-state index < -0.39 is 0 Å². The van der Waals surface area contributed by atoms with Gasteiger partial charge in [-0.1, -0.05) is 6.07 Å². The van der Waals surface area contributed by atoms with Gasteiger partial charge in [0.1, 0.15) is 5.82 Å². The highest BCUT2D eigenvalue weighted by Gasteiger charge is 2.24. The summed E-state index contributed by atoms with van der Waals surface area (Å²) in [6.07, 6.45) is 2.36. The van der Waals surface area contributed by atoms with Crippen LogP contribution in [0.5, 0.6) is 0 Å². The van der Waals surface area contributed by atoms with E-state index in [9.17, 15) is 9.18 Å². The summed E-state index contributed by atoms with van der Waals surface area (Å²) in [6, 6.07) is 4.61. The number of hydrogen-bond acceptors (Lipinski definition) is 3. The number of nitrogens with zero attached hydrogens (tertiary/aromatic N) is 1. The van der Waals surface area contributed by atoms with E-state index in [1.165, 1.54) is 6.07 Å². The third-order valence-corrected chi connectivity index (χ3v) is 3.80. The van der Waals surface area contributed by atoms with Crippen molar-refractivity contribution in [2.24, 2.45) is 0 Å². The average molecular weight is 295 g/mol. The van der Waals surface area contributed by atoms with Crippen molar-refractivity contribution in [1.29, 1.82) is 0 Å². The van der Waals surface area contributed by atoms with Crippen LogP contribution < -0.4 is 0 Å². The predicted octanol–water partition coefficient (Wildman–Crippen LogP) is 2.14. The molecule has 1 fully saturated rings. The van der Waals surface area contributed by atoms with E-state index in [1.54, 1.807) is 24.0 Å². The summed E-state index contributed by atoms with van der Waals surface area (Å²) in [5.41, 5.74) is 0.945. The van der Waals surface area contributed by atoms with E-state index >= 15 is 0 Å². The van der Waals surface area contributed by atoms with Crippen LogP contribution in [-0.4, -0.2) is 48.3 Å². The molecule has 1 heterocycles. The highest BCUT2D eigenvalue weighted by molar-refractivity contribution is 5.94. The van der Waals surface area contributed by atoms with Gasteiger partial charge in [0.15, 0.2) is 0 Å². The number of hydrogen-bond donors (Lipinski definition) is 1. The largest absolute Gasteiger partial charge is 0.396 e. The van der Waals surface area contributed by atoms with Crippen LogP contribution in [0.15, 0.2) is 18.2 Å². The fourth-order valence-electron chi connectivity index (χ4n) is 2.45. The van der Waals surface area contributed by atoms with Gasteiger partial charge >= 0.3 is 0 Å². The number of carbonyl (C=O) groups excluding carboxylic acids is 1. The van der Waals surface area contributed by atoms with Gasteiger partial charge in [-0.25, -0.2) is 4.39 Å². The minimum atomic E-state index is -0.344. The van der Waals surface area contributed by atoms with E-state index in [4.69, 9.17) is 9.84 Å². The Morgan fingerprint density at radius 2 is 2.14 bits per heavy atom. The van der Waals surface area contributed by atoms with E-state index in [0.717, 1.165) is 12.8 Å². The Labute approximate surface area is 124 Å². The molecule has 0 spiro atoms. The minimum absolute atomic E-state index is 0.122. The van der Waals surface area contributed by atoms with Crippen molar-refractivity contribution < 1.29 is 19.0 Å². The summed E-state index contributed by atoms with van der Waals surface area (Å²) >= 11 is 0. The molecule has 1 aliphatic rings. The number of aliphatic hydroxyl groups excluding tert-OH is 1. The molecule has 21 heavy (non-hydrogen) atoms. The molecule has 1 N–H and O–H groups in total. The predicted molar refractivity (Wildman–Crippen MR) is 77.7 cm³/mol. The molecule has 0 aliphatic carbocycles. The molecule has 2 rings (SSSR count). The van der Waals surface area contributed by atoms with Crippen LogP contribution in [0.3, 0.4) is 0 Å². The van der Waals surface area contributed by atoms with Crippen molar-refractivity contribution in [3.63, 3.8) is 0 Å². The first-order valence-electron chi connectivity index (χ1n) is 7.39. The highest BCUT2D eigenvalue weighted by atomic mass is 19.1. The van der Waals surface area contributed by atoms with Crippen molar-refractivity contribution in [2.75, 3.05) is 26.3 Å². The van der Waals surface area contributed by atoms with Gasteiger partial charge < -0.3 is 14.7 Å². The summed E-state index contributed by atoms with van der Waals surface area (Å²) in [6.45, 7) is 3.61. The number of piperidine rings is 1. The van der Waals surface area contributed by atoms with Gasteiger partial charge in [0.25, 0.3) is 5.91 Å². The Bertz CT molecular complexity index is 484. The molecule has 4 nitrogen and oxygen atoms in total. The topological polar surface area (TPSA) is 49.8 Å². The lowest BCUT2D eigenvalue weighted by Gasteiger charge is -2.32. The lowest BCUT2D eigenvalue weighted by atomic mass is 10.1. The number of rotatable bonds is 5. The minimum Gasteiger partial charge on any atom is -0.396 e. The summed E-state index contributed by atoms with van der Waals surface area (Å²) in [7, 11) is 0. The molecule has 1 amide bonds. The average Bonchev–Trinajstić information content (AvgIpc) is 2.50. The van der Waals surface area contributed by atoms with Crippen LogP contribution in [0.2, 0.25) is 0 Å². The molecule has 0 unspecified atom stereocenters. The maximum atomic E-state index is 13.5. The van der Waals surface area contributed by atoms with Crippen molar-refractivity contribution in [3.8, 4) is 0 Å². The zero-order valence-corrected chi connectivity index (χ0v) is 12.3. The fourth-order valence-corrected chi connectivity index (χ4v) is 2.45. The first kappa shape index (κ1) is 15.9. The van der Waals surface area contributed by atoms with Gasteiger partial charge in [0, 0.05) is 31.9 Å². The van der Waals surface area contributed by atoms with Gasteiger partial charge in [-0.15, -0.1) is 0 Å². The lowest BCUT2D eigenvalue weighted by molar-refractivity contribution is 0.00396. The molecule has 5 heteroatoms. The molecule has 0 bridgehead atoms. The molecular formula is C16H22FNO3. The van der Waals surface area contributed by atoms with E-state index in [0.29, 0.717) is 37.2 Å². The molecule has 1 saturated heterocycles. The Kier molecular flexibility index (Phi) is 5.70. The fraction of sp³-hybridized carbons (Fsp3) is 0.562. The third-order valence-electron chi connectivity index (χ3n) is 3.80. The molecule has 1 aromatic rings. The molecule has 116 valence electrons. The Hall–Kier alpha value is -1.46. The summed E-state index contributed by atoms with van der Waals surface area (Å²) in [5.74, 6) is -0.467. The lowest BCUT2D eigenvalue weighted by Crippen LogP contribution is -2.41. The van der Waals surface area contributed by atoms with Gasteiger partial charge in [0.2, 0.25) is 0 Å². The summed E-state index contributed by atoms with van der Waals surface area (Å²) < 4.78 is 19.2. The molecule has 0 aromatic heterocycles. The second-order valence-corrected chi connectivity index (χ2v) is 5.40. The Morgan fingerprint density at radius 3 is 2.76 bits per heavy atom. The standard InChI is InChI=1S/C16H22FNO3/c1-12-3-4-13(11-15(12)17)16(20)18-7-5-14(6-8-18)21-10-2-9-19/h3-4,11,14,19H,2,5-10H2,1H3. The van der Waals surface area contributed by atoms with Crippen LogP contribution in [0.25, 0.3) is 0 Å². The molecule has 0 saturated carbocycles.